The van der Waals surface area contributed by atoms with Gasteiger partial charge in [0.1, 0.15) is 12.7 Å². The maximum absolute atomic E-state index is 12.7. The van der Waals surface area contributed by atoms with Gasteiger partial charge in [0.25, 0.3) is 5.82 Å². The van der Waals surface area contributed by atoms with E-state index in [1.807, 2.05) is 60.7 Å². The Kier molecular flexibility index (Phi) is 6.74. The van der Waals surface area contributed by atoms with Crippen LogP contribution in [-0.2, 0) is 9.47 Å². The Morgan fingerprint density at radius 3 is 2.55 bits per heavy atom. The summed E-state index contributed by atoms with van der Waals surface area (Å²) in [5.41, 5.74) is 1.70. The summed E-state index contributed by atoms with van der Waals surface area (Å²) < 4.78 is 13.0. The Morgan fingerprint density at radius 2 is 1.84 bits per heavy atom. The lowest BCUT2D eigenvalue weighted by Crippen LogP contribution is -2.45. The van der Waals surface area contributed by atoms with Crippen molar-refractivity contribution < 1.29 is 14.3 Å². The summed E-state index contributed by atoms with van der Waals surface area (Å²) in [6.45, 7) is 7.91. The molecule has 1 aromatic heterocycles. The Morgan fingerprint density at radius 1 is 1.13 bits per heavy atom. The summed E-state index contributed by atoms with van der Waals surface area (Å²) in [6, 6.07) is 19.3. The first kappa shape index (κ1) is 21.2. The second-order valence-electron chi connectivity index (χ2n) is 8.12. The molecule has 7 heteroatoms. The molecule has 1 atom stereocenters. The molecule has 2 aromatic carbocycles. The Balaban J connectivity index is 1.49. The van der Waals surface area contributed by atoms with Crippen LogP contribution in [0.4, 0.5) is 0 Å². The quantitative estimate of drug-likeness (QED) is 0.546. The van der Waals surface area contributed by atoms with Crippen molar-refractivity contribution in [3.8, 4) is 17.1 Å². The maximum Gasteiger partial charge on any atom is 0.378 e. The van der Waals surface area contributed by atoms with Gasteiger partial charge in [0.2, 0.25) is 0 Å². The van der Waals surface area contributed by atoms with Crippen LogP contribution in [0.2, 0.25) is 0 Å². The van der Waals surface area contributed by atoms with Crippen LogP contribution in [0.15, 0.2) is 60.7 Å². The van der Waals surface area contributed by atoms with Gasteiger partial charge in [-0.25, -0.2) is 14.5 Å². The molecule has 0 bridgehead atoms. The Bertz CT molecular complexity index is 932. The third-order valence-electron chi connectivity index (χ3n) is 5.07. The minimum Gasteiger partial charge on any atom is -0.457 e. The van der Waals surface area contributed by atoms with Gasteiger partial charge < -0.3 is 9.47 Å². The van der Waals surface area contributed by atoms with Gasteiger partial charge in [0, 0.05) is 25.2 Å². The van der Waals surface area contributed by atoms with Crippen LogP contribution in [-0.4, -0.2) is 64.6 Å². The van der Waals surface area contributed by atoms with Gasteiger partial charge in [-0.1, -0.05) is 62.4 Å². The maximum atomic E-state index is 12.7. The lowest BCUT2D eigenvalue weighted by atomic mass is 10.2. The molecular weight excluding hydrogens is 392 g/mol. The van der Waals surface area contributed by atoms with Gasteiger partial charge in [-0.3, -0.25) is 4.90 Å². The zero-order valence-electron chi connectivity index (χ0n) is 18.0. The number of rotatable bonds is 7. The van der Waals surface area contributed by atoms with Crippen molar-refractivity contribution >= 4 is 5.97 Å². The summed E-state index contributed by atoms with van der Waals surface area (Å²) in [7, 11) is 0. The summed E-state index contributed by atoms with van der Waals surface area (Å²) in [5, 5.41) is 4.45. The fraction of sp³-hybridized carbons (Fsp3) is 0.375. The zero-order chi connectivity index (χ0) is 21.6. The van der Waals surface area contributed by atoms with Crippen molar-refractivity contribution in [1.29, 1.82) is 0 Å². The minimum absolute atomic E-state index is 0.0394. The second kappa shape index (κ2) is 9.85. The number of morpholine rings is 1. The van der Waals surface area contributed by atoms with Gasteiger partial charge >= 0.3 is 5.97 Å². The predicted octanol–water partition coefficient (Wildman–Crippen LogP) is 3.45. The summed E-state index contributed by atoms with van der Waals surface area (Å²) in [4.78, 5) is 19.6. The molecule has 1 unspecified atom stereocenters. The highest BCUT2D eigenvalue weighted by Crippen LogP contribution is 2.21. The standard InChI is InChI=1S/C24H28N4O3/c1-18(2)15-27-13-14-30-21(16-27)17-31-24(29)22-25-23(19-9-5-3-6-10-19)28(26-22)20-11-7-4-8-12-20/h3-12,18,21H,13-17H2,1-2H3. The average molecular weight is 421 g/mol. The molecule has 0 radical (unpaired) electrons. The number of nitrogens with zero attached hydrogens (tertiary/aromatic N) is 4. The van der Waals surface area contributed by atoms with Crippen molar-refractivity contribution in [2.45, 2.75) is 20.0 Å². The molecule has 1 saturated heterocycles. The van der Waals surface area contributed by atoms with Crippen LogP contribution < -0.4 is 0 Å². The molecule has 2 heterocycles. The minimum atomic E-state index is -0.545. The summed E-state index contributed by atoms with van der Waals surface area (Å²) >= 11 is 0. The first-order valence-corrected chi connectivity index (χ1v) is 10.7. The second-order valence-corrected chi connectivity index (χ2v) is 8.12. The van der Waals surface area contributed by atoms with Gasteiger partial charge in [0.05, 0.1) is 12.3 Å². The van der Waals surface area contributed by atoms with E-state index >= 15 is 0 Å². The van der Waals surface area contributed by atoms with E-state index in [0.717, 1.165) is 30.9 Å². The molecule has 3 aromatic rings. The number of ether oxygens (including phenoxy) is 2. The highest BCUT2D eigenvalue weighted by Gasteiger charge is 2.25. The van der Waals surface area contributed by atoms with Gasteiger partial charge in [-0.2, -0.15) is 0 Å². The number of carbonyl (C=O) groups excluding carboxylic acids is 1. The largest absolute Gasteiger partial charge is 0.457 e. The Hall–Kier alpha value is -3.03. The number of hydrogen-bond donors (Lipinski definition) is 0. The van der Waals surface area contributed by atoms with Crippen molar-refractivity contribution in [3.63, 3.8) is 0 Å². The van der Waals surface area contributed by atoms with Gasteiger partial charge in [0.15, 0.2) is 5.82 Å². The van der Waals surface area contributed by atoms with E-state index in [0.29, 0.717) is 18.3 Å². The van der Waals surface area contributed by atoms with Crippen LogP contribution in [0.3, 0.4) is 0 Å². The van der Waals surface area contributed by atoms with E-state index in [9.17, 15) is 4.79 Å². The number of hydrogen-bond acceptors (Lipinski definition) is 6. The summed E-state index contributed by atoms with van der Waals surface area (Å²) in [6.07, 6.45) is -0.138. The highest BCUT2D eigenvalue weighted by atomic mass is 16.6. The SMILES string of the molecule is CC(C)CN1CCOC(COC(=O)c2nc(-c3ccccc3)n(-c3ccccc3)n2)C1. The molecule has 162 valence electrons. The monoisotopic (exact) mass is 420 g/mol. The van der Waals surface area contributed by atoms with Crippen LogP contribution in [0.25, 0.3) is 17.1 Å². The average Bonchev–Trinajstić information content (AvgIpc) is 3.24. The van der Waals surface area contributed by atoms with Crippen molar-refractivity contribution in [3.05, 3.63) is 66.5 Å². The third-order valence-corrected chi connectivity index (χ3v) is 5.07. The van der Waals surface area contributed by atoms with E-state index < -0.39 is 5.97 Å². The van der Waals surface area contributed by atoms with Crippen LogP contribution in [0.1, 0.15) is 24.5 Å². The molecule has 31 heavy (non-hydrogen) atoms. The van der Waals surface area contributed by atoms with Gasteiger partial charge in [-0.15, -0.1) is 5.10 Å². The third kappa shape index (κ3) is 5.37. The van der Waals surface area contributed by atoms with Crippen molar-refractivity contribution in [1.82, 2.24) is 19.7 Å². The van der Waals surface area contributed by atoms with Crippen LogP contribution in [0, 0.1) is 5.92 Å². The number of benzene rings is 2. The molecule has 4 rings (SSSR count). The molecule has 0 saturated carbocycles. The molecular formula is C24H28N4O3. The van der Waals surface area contributed by atoms with Gasteiger partial charge in [-0.05, 0) is 18.1 Å². The van der Waals surface area contributed by atoms with Crippen molar-refractivity contribution in [2.75, 3.05) is 32.8 Å². The van der Waals surface area contributed by atoms with Crippen LogP contribution in [0.5, 0.6) is 0 Å². The molecule has 1 aliphatic heterocycles. The van der Waals surface area contributed by atoms with E-state index in [-0.39, 0.29) is 18.5 Å². The molecule has 0 aliphatic carbocycles. The van der Waals surface area contributed by atoms with E-state index in [1.165, 1.54) is 0 Å². The fourth-order valence-corrected chi connectivity index (χ4v) is 3.72. The molecule has 0 spiro atoms. The summed E-state index contributed by atoms with van der Waals surface area (Å²) in [5.74, 6) is 0.675. The van der Waals surface area contributed by atoms with E-state index in [1.54, 1.807) is 4.68 Å². The predicted molar refractivity (Wildman–Crippen MR) is 118 cm³/mol. The lowest BCUT2D eigenvalue weighted by Gasteiger charge is -2.33. The van der Waals surface area contributed by atoms with E-state index in [4.69, 9.17) is 9.47 Å². The first-order chi connectivity index (χ1) is 15.1. The smallest absolute Gasteiger partial charge is 0.378 e. The molecule has 1 aliphatic rings. The first-order valence-electron chi connectivity index (χ1n) is 10.7. The molecule has 1 fully saturated rings. The number of carbonyl (C=O) groups is 1. The number of aromatic nitrogens is 3. The Labute approximate surface area is 182 Å². The lowest BCUT2D eigenvalue weighted by molar-refractivity contribution is -0.0615. The fourth-order valence-electron chi connectivity index (χ4n) is 3.72. The van der Waals surface area contributed by atoms with Crippen molar-refractivity contribution in [2.24, 2.45) is 5.92 Å². The number of para-hydroxylation sites is 1. The number of esters is 1. The molecule has 0 amide bonds. The highest BCUT2D eigenvalue weighted by molar-refractivity contribution is 5.86. The normalized spacial score (nSPS) is 17.1. The van der Waals surface area contributed by atoms with Crippen LogP contribution >= 0.6 is 0 Å². The van der Waals surface area contributed by atoms with E-state index in [2.05, 4.69) is 28.8 Å². The molecule has 0 N–H and O–H groups in total. The zero-order valence-corrected chi connectivity index (χ0v) is 18.0. The molecule has 7 nitrogen and oxygen atoms in total. The topological polar surface area (TPSA) is 69.5 Å².